The molecule has 4 heteroatoms. The van der Waals surface area contributed by atoms with Gasteiger partial charge in [-0.2, -0.15) is 0 Å². The van der Waals surface area contributed by atoms with E-state index in [1.165, 1.54) is 70.6 Å². The van der Waals surface area contributed by atoms with Crippen molar-refractivity contribution < 1.29 is 19.8 Å². The van der Waals surface area contributed by atoms with E-state index < -0.39 is 11.9 Å². The fourth-order valence-corrected chi connectivity index (χ4v) is 5.39. The predicted molar refractivity (Wildman–Crippen MR) is 119 cm³/mol. The third-order valence-corrected chi connectivity index (χ3v) is 7.13. The molecule has 0 aromatic carbocycles. The van der Waals surface area contributed by atoms with Crippen molar-refractivity contribution in [1.82, 2.24) is 0 Å². The average Bonchev–Trinajstić information content (AvgIpc) is 3.36. The highest BCUT2D eigenvalue weighted by molar-refractivity contribution is 5.73. The van der Waals surface area contributed by atoms with Crippen molar-refractivity contribution in [3.05, 3.63) is 0 Å². The van der Waals surface area contributed by atoms with Crippen molar-refractivity contribution in [2.24, 2.45) is 29.6 Å². The van der Waals surface area contributed by atoms with Gasteiger partial charge in [-0.05, 0) is 37.0 Å². The largest absolute Gasteiger partial charge is 0.481 e. The van der Waals surface area contributed by atoms with Gasteiger partial charge < -0.3 is 10.2 Å². The van der Waals surface area contributed by atoms with Gasteiger partial charge in [0, 0.05) is 0 Å². The lowest BCUT2D eigenvalue weighted by Crippen LogP contribution is -2.21. The van der Waals surface area contributed by atoms with Gasteiger partial charge in [0.1, 0.15) is 0 Å². The summed E-state index contributed by atoms with van der Waals surface area (Å²) in [5.74, 6) is -1.84. The first-order valence-corrected chi connectivity index (χ1v) is 12.4. The second kappa shape index (κ2) is 14.8. The van der Waals surface area contributed by atoms with Crippen molar-refractivity contribution in [2.75, 3.05) is 0 Å². The molecule has 0 saturated heterocycles. The maximum Gasteiger partial charge on any atom is 0.306 e. The number of carboxylic acid groups (broad SMARTS) is 2. The monoisotopic (exact) mass is 410 g/mol. The van der Waals surface area contributed by atoms with Crippen LogP contribution < -0.4 is 0 Å². The maximum absolute atomic E-state index is 11.6. The SMILES string of the molecule is CCCCCCCCCCCCCCC1C(C(CC)C(=O)O)C1C(CC)C(=O)O. The Hall–Kier alpha value is -1.06. The average molecular weight is 411 g/mol. The Morgan fingerprint density at radius 2 is 0.966 bits per heavy atom. The Kier molecular flexibility index (Phi) is 13.3. The molecule has 0 aliphatic heterocycles. The Morgan fingerprint density at radius 3 is 1.28 bits per heavy atom. The zero-order valence-corrected chi connectivity index (χ0v) is 19.2. The molecule has 2 N–H and O–H groups in total. The molecular formula is C25H46O4. The molecule has 0 amide bonds. The third kappa shape index (κ3) is 9.09. The van der Waals surface area contributed by atoms with Crippen molar-refractivity contribution in [3.63, 3.8) is 0 Å². The Labute approximate surface area is 178 Å². The van der Waals surface area contributed by atoms with Gasteiger partial charge in [0.05, 0.1) is 11.8 Å². The highest BCUT2D eigenvalue weighted by atomic mass is 16.4. The number of hydrogen-bond donors (Lipinski definition) is 2. The molecule has 0 heterocycles. The summed E-state index contributed by atoms with van der Waals surface area (Å²) < 4.78 is 0. The standard InChI is InChI=1S/C25H46O4/c1-4-7-8-9-10-11-12-13-14-15-16-17-18-21-22(19(5-2)24(26)27)23(21)20(6-3)25(28)29/h19-23H,4-18H2,1-3H3,(H,26,27)(H,28,29). The van der Waals surface area contributed by atoms with Crippen LogP contribution in [0.5, 0.6) is 0 Å². The number of rotatable bonds is 19. The Morgan fingerprint density at radius 1 is 0.621 bits per heavy atom. The van der Waals surface area contributed by atoms with E-state index in [-0.39, 0.29) is 23.7 Å². The Balaban J connectivity index is 2.24. The van der Waals surface area contributed by atoms with Crippen molar-refractivity contribution in [1.29, 1.82) is 0 Å². The van der Waals surface area contributed by atoms with Crippen LogP contribution in [0.3, 0.4) is 0 Å². The molecule has 4 nitrogen and oxygen atoms in total. The lowest BCUT2D eigenvalue weighted by atomic mass is 9.93. The topological polar surface area (TPSA) is 74.6 Å². The van der Waals surface area contributed by atoms with Gasteiger partial charge in [-0.1, -0.05) is 97.8 Å². The second-order valence-corrected chi connectivity index (χ2v) is 9.20. The summed E-state index contributed by atoms with van der Waals surface area (Å²) >= 11 is 0. The zero-order chi connectivity index (χ0) is 21.6. The summed E-state index contributed by atoms with van der Waals surface area (Å²) in [7, 11) is 0. The minimum Gasteiger partial charge on any atom is -0.481 e. The van der Waals surface area contributed by atoms with Crippen LogP contribution >= 0.6 is 0 Å². The van der Waals surface area contributed by atoms with Crippen LogP contribution in [0.1, 0.15) is 117 Å². The molecule has 0 bridgehead atoms. The molecule has 0 spiro atoms. The molecule has 29 heavy (non-hydrogen) atoms. The molecule has 0 aromatic rings. The van der Waals surface area contributed by atoms with Gasteiger partial charge in [-0.3, -0.25) is 9.59 Å². The van der Waals surface area contributed by atoms with E-state index in [1.807, 2.05) is 13.8 Å². The predicted octanol–water partition coefficient (Wildman–Crippen LogP) is 7.16. The maximum atomic E-state index is 11.6. The molecule has 1 saturated carbocycles. The van der Waals surface area contributed by atoms with E-state index in [1.54, 1.807) is 0 Å². The summed E-state index contributed by atoms with van der Waals surface area (Å²) in [5.41, 5.74) is 0. The third-order valence-electron chi connectivity index (χ3n) is 7.13. The first-order valence-electron chi connectivity index (χ1n) is 12.4. The molecule has 4 atom stereocenters. The molecule has 0 aromatic heterocycles. The number of carboxylic acids is 2. The van der Waals surface area contributed by atoms with E-state index in [0.717, 1.165) is 12.8 Å². The van der Waals surface area contributed by atoms with Gasteiger partial charge in [0.25, 0.3) is 0 Å². The van der Waals surface area contributed by atoms with E-state index in [0.29, 0.717) is 18.8 Å². The van der Waals surface area contributed by atoms with E-state index >= 15 is 0 Å². The van der Waals surface area contributed by atoms with Crippen molar-refractivity contribution >= 4 is 11.9 Å². The van der Waals surface area contributed by atoms with E-state index in [2.05, 4.69) is 6.92 Å². The highest BCUT2D eigenvalue weighted by Gasteiger charge is 2.58. The van der Waals surface area contributed by atoms with Crippen molar-refractivity contribution in [2.45, 2.75) is 117 Å². The smallest absolute Gasteiger partial charge is 0.306 e. The first-order chi connectivity index (χ1) is 14.0. The van der Waals surface area contributed by atoms with Crippen LogP contribution in [0.2, 0.25) is 0 Å². The summed E-state index contributed by atoms with van der Waals surface area (Å²) in [6, 6.07) is 0. The normalized spacial score (nSPS) is 22.9. The highest BCUT2D eigenvalue weighted by Crippen LogP contribution is 2.59. The van der Waals surface area contributed by atoms with Crippen LogP contribution in [-0.4, -0.2) is 22.2 Å². The lowest BCUT2D eigenvalue weighted by Gasteiger charge is -2.12. The van der Waals surface area contributed by atoms with Crippen LogP contribution in [0, 0.1) is 29.6 Å². The first kappa shape index (κ1) is 26.0. The van der Waals surface area contributed by atoms with Gasteiger partial charge in [-0.25, -0.2) is 0 Å². The van der Waals surface area contributed by atoms with Gasteiger partial charge in [0.2, 0.25) is 0 Å². The van der Waals surface area contributed by atoms with Gasteiger partial charge in [-0.15, -0.1) is 0 Å². The molecule has 1 fully saturated rings. The number of aliphatic carboxylic acids is 2. The minimum absolute atomic E-state index is 0.0614. The van der Waals surface area contributed by atoms with E-state index in [4.69, 9.17) is 0 Å². The van der Waals surface area contributed by atoms with Crippen LogP contribution in [0.4, 0.5) is 0 Å². The molecule has 1 aliphatic carbocycles. The zero-order valence-electron chi connectivity index (χ0n) is 19.2. The van der Waals surface area contributed by atoms with Crippen LogP contribution in [0.15, 0.2) is 0 Å². The summed E-state index contributed by atoms with van der Waals surface area (Å²) in [5, 5.41) is 19.1. The number of hydrogen-bond acceptors (Lipinski definition) is 2. The molecule has 4 unspecified atom stereocenters. The molecule has 0 radical (unpaired) electrons. The fourth-order valence-electron chi connectivity index (χ4n) is 5.39. The minimum atomic E-state index is -0.750. The van der Waals surface area contributed by atoms with Gasteiger partial charge >= 0.3 is 11.9 Å². The summed E-state index contributed by atoms with van der Waals surface area (Å²) in [6.45, 7) is 6.08. The molecule has 1 aliphatic rings. The quantitative estimate of drug-likeness (QED) is 0.221. The lowest BCUT2D eigenvalue weighted by molar-refractivity contribution is -0.145. The summed E-state index contributed by atoms with van der Waals surface area (Å²) in [4.78, 5) is 23.2. The molecule has 170 valence electrons. The number of unbranched alkanes of at least 4 members (excludes halogenated alkanes) is 11. The van der Waals surface area contributed by atoms with Crippen molar-refractivity contribution in [3.8, 4) is 0 Å². The van der Waals surface area contributed by atoms with Crippen LogP contribution in [0.25, 0.3) is 0 Å². The fraction of sp³-hybridized carbons (Fsp3) is 0.920. The second-order valence-electron chi connectivity index (χ2n) is 9.20. The van der Waals surface area contributed by atoms with Gasteiger partial charge in [0.15, 0.2) is 0 Å². The molecular weight excluding hydrogens is 364 g/mol. The Bertz CT molecular complexity index is 434. The van der Waals surface area contributed by atoms with E-state index in [9.17, 15) is 19.8 Å². The number of carbonyl (C=O) groups is 2. The van der Waals surface area contributed by atoms with Crippen LogP contribution in [-0.2, 0) is 9.59 Å². The summed E-state index contributed by atoms with van der Waals surface area (Å²) in [6.07, 6.45) is 18.0. The molecule has 1 rings (SSSR count).